The molecule has 0 aromatic heterocycles. The second-order valence-corrected chi connectivity index (χ2v) is 3.38. The number of rotatable bonds is 0. The molecule has 3 heteroatoms. The van der Waals surface area contributed by atoms with E-state index >= 15 is 0 Å². The maximum atomic E-state index is 10.6. The van der Waals surface area contributed by atoms with Gasteiger partial charge in [0.1, 0.15) is 11.0 Å². The van der Waals surface area contributed by atoms with Crippen LogP contribution in [0.2, 0.25) is 0 Å². The highest BCUT2D eigenvalue weighted by atomic mass is 35.5. The van der Waals surface area contributed by atoms with Gasteiger partial charge in [0.25, 0.3) is 0 Å². The third kappa shape index (κ3) is 1.36. The van der Waals surface area contributed by atoms with Crippen molar-refractivity contribution in [1.29, 1.82) is 0 Å². The topological polar surface area (TPSA) is 26.3 Å². The van der Waals surface area contributed by atoms with E-state index in [0.717, 1.165) is 0 Å². The van der Waals surface area contributed by atoms with Crippen molar-refractivity contribution >= 4 is 17.6 Å². The van der Waals surface area contributed by atoms with Gasteiger partial charge in [-0.2, -0.15) is 0 Å². The zero-order valence-electron chi connectivity index (χ0n) is 5.48. The van der Waals surface area contributed by atoms with Crippen LogP contribution in [0.5, 0.6) is 0 Å². The number of esters is 1. The first-order valence-electron chi connectivity index (χ1n) is 2.88. The van der Waals surface area contributed by atoms with Gasteiger partial charge in [0.2, 0.25) is 0 Å². The summed E-state index contributed by atoms with van der Waals surface area (Å²) in [5.41, 5.74) is -0.344. The Morgan fingerprint density at radius 1 is 1.78 bits per heavy atom. The van der Waals surface area contributed by atoms with E-state index in [1.165, 1.54) is 0 Å². The van der Waals surface area contributed by atoms with E-state index in [2.05, 4.69) is 0 Å². The Morgan fingerprint density at radius 2 is 2.33 bits per heavy atom. The first-order chi connectivity index (χ1) is 4.01. The fourth-order valence-electron chi connectivity index (χ4n) is 0.893. The Hall–Kier alpha value is -0.240. The maximum Gasteiger partial charge on any atom is 0.324 e. The maximum absolute atomic E-state index is 10.6. The highest BCUT2D eigenvalue weighted by Gasteiger charge is 2.38. The fraction of sp³-hybridized carbons (Fsp3) is 0.833. The van der Waals surface area contributed by atoms with Crippen LogP contribution in [0, 0.1) is 0 Å². The summed E-state index contributed by atoms with van der Waals surface area (Å²) in [5, 5.41) is -0.431. The van der Waals surface area contributed by atoms with E-state index in [1.807, 2.05) is 13.8 Å². The van der Waals surface area contributed by atoms with E-state index in [-0.39, 0.29) is 11.6 Å². The molecule has 0 N–H and O–H groups in total. The summed E-state index contributed by atoms with van der Waals surface area (Å²) in [7, 11) is 0. The van der Waals surface area contributed by atoms with E-state index in [4.69, 9.17) is 16.3 Å². The Kier molecular flexibility index (Phi) is 1.43. The number of hydrogen-bond acceptors (Lipinski definition) is 2. The second kappa shape index (κ2) is 1.87. The predicted octanol–water partition coefficient (Wildman–Crippen LogP) is 1.32. The predicted molar refractivity (Wildman–Crippen MR) is 34.4 cm³/mol. The summed E-state index contributed by atoms with van der Waals surface area (Å²) in [6, 6.07) is 0. The van der Waals surface area contributed by atoms with Crippen LogP contribution in [0.4, 0.5) is 0 Å². The first-order valence-corrected chi connectivity index (χ1v) is 3.32. The van der Waals surface area contributed by atoms with Gasteiger partial charge in [-0.1, -0.05) is 0 Å². The lowest BCUT2D eigenvalue weighted by molar-refractivity contribution is -0.145. The molecule has 0 aromatic carbocycles. The summed E-state index contributed by atoms with van der Waals surface area (Å²) in [6.07, 6.45) is 0.618. The lowest BCUT2D eigenvalue weighted by atomic mass is 10.1. The summed E-state index contributed by atoms with van der Waals surface area (Å²) in [6.45, 7) is 3.71. The third-order valence-corrected chi connectivity index (χ3v) is 1.64. The van der Waals surface area contributed by atoms with Crippen LogP contribution in [0.1, 0.15) is 20.3 Å². The van der Waals surface area contributed by atoms with Gasteiger partial charge in [0, 0.05) is 6.42 Å². The van der Waals surface area contributed by atoms with Crippen molar-refractivity contribution in [3.63, 3.8) is 0 Å². The van der Waals surface area contributed by atoms with Crippen LogP contribution in [0.3, 0.4) is 0 Å². The van der Waals surface area contributed by atoms with Crippen molar-refractivity contribution in [3.8, 4) is 0 Å². The Morgan fingerprint density at radius 3 is 2.44 bits per heavy atom. The van der Waals surface area contributed by atoms with E-state index in [1.54, 1.807) is 0 Å². The molecule has 1 rings (SSSR count). The molecule has 1 heterocycles. The van der Waals surface area contributed by atoms with Crippen LogP contribution in [0.15, 0.2) is 0 Å². The van der Waals surface area contributed by atoms with Crippen molar-refractivity contribution in [1.82, 2.24) is 0 Å². The van der Waals surface area contributed by atoms with Crippen LogP contribution in [0.25, 0.3) is 0 Å². The summed E-state index contributed by atoms with van der Waals surface area (Å²) in [4.78, 5) is 10.6. The molecule has 1 atom stereocenters. The molecular weight excluding hydrogens is 140 g/mol. The lowest BCUT2D eigenvalue weighted by Crippen LogP contribution is -2.17. The van der Waals surface area contributed by atoms with Crippen LogP contribution in [-0.4, -0.2) is 16.9 Å². The molecule has 1 aliphatic heterocycles. The minimum Gasteiger partial charge on any atom is -0.458 e. The number of ether oxygens (including phenoxy) is 1. The smallest absolute Gasteiger partial charge is 0.324 e. The van der Waals surface area contributed by atoms with Gasteiger partial charge in [-0.25, -0.2) is 0 Å². The van der Waals surface area contributed by atoms with Gasteiger partial charge in [-0.05, 0) is 13.8 Å². The van der Waals surface area contributed by atoms with E-state index in [9.17, 15) is 4.79 Å². The zero-order chi connectivity index (χ0) is 7.07. The molecule has 52 valence electrons. The number of alkyl halides is 1. The Bertz CT molecular complexity index is 142. The summed E-state index contributed by atoms with van der Waals surface area (Å²) >= 11 is 5.57. The SMILES string of the molecule is CC1(C)CC(Cl)C(=O)O1. The van der Waals surface area contributed by atoms with Crippen molar-refractivity contribution in [2.24, 2.45) is 0 Å². The van der Waals surface area contributed by atoms with Crippen molar-refractivity contribution < 1.29 is 9.53 Å². The Balaban J connectivity index is 2.65. The molecule has 0 bridgehead atoms. The molecule has 2 nitrogen and oxygen atoms in total. The molecule has 0 aromatic rings. The van der Waals surface area contributed by atoms with Gasteiger partial charge in [-0.15, -0.1) is 11.6 Å². The molecule has 0 amide bonds. The third-order valence-electron chi connectivity index (χ3n) is 1.30. The van der Waals surface area contributed by atoms with Crippen molar-refractivity contribution in [2.75, 3.05) is 0 Å². The number of cyclic esters (lactones) is 1. The quantitative estimate of drug-likeness (QED) is 0.383. The van der Waals surface area contributed by atoms with E-state index in [0.29, 0.717) is 6.42 Å². The Labute approximate surface area is 59.1 Å². The monoisotopic (exact) mass is 148 g/mol. The van der Waals surface area contributed by atoms with Gasteiger partial charge in [0.15, 0.2) is 0 Å². The van der Waals surface area contributed by atoms with Crippen molar-refractivity contribution in [3.05, 3.63) is 0 Å². The normalized spacial score (nSPS) is 32.3. The molecule has 1 unspecified atom stereocenters. The highest BCUT2D eigenvalue weighted by molar-refractivity contribution is 6.30. The van der Waals surface area contributed by atoms with Crippen molar-refractivity contribution in [2.45, 2.75) is 31.2 Å². The van der Waals surface area contributed by atoms with Crippen LogP contribution in [-0.2, 0) is 9.53 Å². The number of hydrogen-bond donors (Lipinski definition) is 0. The van der Waals surface area contributed by atoms with Crippen LogP contribution < -0.4 is 0 Å². The second-order valence-electron chi connectivity index (χ2n) is 2.85. The molecule has 0 saturated carbocycles. The first kappa shape index (κ1) is 6.87. The van der Waals surface area contributed by atoms with E-state index < -0.39 is 5.38 Å². The van der Waals surface area contributed by atoms with Gasteiger partial charge in [-0.3, -0.25) is 4.79 Å². The van der Waals surface area contributed by atoms with Gasteiger partial charge < -0.3 is 4.74 Å². The van der Waals surface area contributed by atoms with Crippen LogP contribution >= 0.6 is 11.6 Å². The molecule has 0 spiro atoms. The summed E-state index contributed by atoms with van der Waals surface area (Å²) in [5.74, 6) is -0.290. The summed E-state index contributed by atoms with van der Waals surface area (Å²) < 4.78 is 4.89. The number of halogens is 1. The van der Waals surface area contributed by atoms with Gasteiger partial charge >= 0.3 is 5.97 Å². The minimum absolute atomic E-state index is 0.290. The standard InChI is InChI=1S/C6H9ClO2/c1-6(2)3-4(7)5(8)9-6/h4H,3H2,1-2H3. The average molecular weight is 149 g/mol. The fourth-order valence-corrected chi connectivity index (χ4v) is 1.31. The molecule has 0 radical (unpaired) electrons. The zero-order valence-corrected chi connectivity index (χ0v) is 6.23. The number of carbonyl (C=O) groups is 1. The minimum atomic E-state index is -0.431. The lowest BCUT2D eigenvalue weighted by Gasteiger charge is -2.13. The highest BCUT2D eigenvalue weighted by Crippen LogP contribution is 2.28. The molecule has 1 aliphatic rings. The largest absolute Gasteiger partial charge is 0.458 e. The number of carbonyl (C=O) groups excluding carboxylic acids is 1. The molecule has 1 saturated heterocycles. The molecule has 9 heavy (non-hydrogen) atoms. The average Bonchev–Trinajstić information content (AvgIpc) is 1.79. The molecule has 0 aliphatic carbocycles. The molecular formula is C6H9ClO2. The van der Waals surface area contributed by atoms with Gasteiger partial charge in [0.05, 0.1) is 0 Å². The molecule has 1 fully saturated rings.